The molecule has 106 valence electrons. The van der Waals surface area contributed by atoms with Crippen molar-refractivity contribution in [2.24, 2.45) is 0 Å². The van der Waals surface area contributed by atoms with Crippen LogP contribution in [0.5, 0.6) is 5.75 Å². The van der Waals surface area contributed by atoms with Crippen LogP contribution >= 0.6 is 0 Å². The largest absolute Gasteiger partial charge is 0.491 e. The van der Waals surface area contributed by atoms with Crippen LogP contribution in [0.4, 0.5) is 0 Å². The zero-order valence-electron chi connectivity index (χ0n) is 12.4. The Morgan fingerprint density at radius 1 is 1.15 bits per heavy atom. The molecular formula is C17H21NO2. The molecule has 0 bridgehead atoms. The first-order valence-corrected chi connectivity index (χ1v) is 6.85. The van der Waals surface area contributed by atoms with Crippen LogP contribution in [0.1, 0.15) is 42.3 Å². The summed E-state index contributed by atoms with van der Waals surface area (Å²) < 4.78 is 5.66. The first kappa shape index (κ1) is 14.5. The van der Waals surface area contributed by atoms with Gasteiger partial charge in [0.2, 0.25) is 0 Å². The molecule has 1 unspecified atom stereocenters. The molecule has 20 heavy (non-hydrogen) atoms. The molecule has 1 N–H and O–H groups in total. The molecule has 3 heteroatoms. The first-order valence-electron chi connectivity index (χ1n) is 6.85. The molecule has 0 spiro atoms. The average Bonchev–Trinajstić information content (AvgIpc) is 2.37. The maximum Gasteiger partial charge on any atom is 0.121 e. The molecule has 0 saturated carbocycles. The number of benzene rings is 1. The van der Waals surface area contributed by atoms with E-state index in [0.29, 0.717) is 5.69 Å². The number of hydrogen-bond acceptors (Lipinski definition) is 3. The summed E-state index contributed by atoms with van der Waals surface area (Å²) in [5.74, 6) is 0.765. The molecule has 0 aliphatic heterocycles. The second-order valence-electron chi connectivity index (χ2n) is 5.36. The lowest BCUT2D eigenvalue weighted by atomic mass is 10.0. The van der Waals surface area contributed by atoms with Gasteiger partial charge in [0, 0.05) is 6.20 Å². The van der Waals surface area contributed by atoms with Crippen LogP contribution in [0.3, 0.4) is 0 Å². The van der Waals surface area contributed by atoms with Gasteiger partial charge in [-0.1, -0.05) is 18.2 Å². The lowest BCUT2D eigenvalue weighted by molar-refractivity contribution is 0.211. The third-order valence-electron chi connectivity index (χ3n) is 3.06. The molecule has 0 amide bonds. The SMILES string of the molecule is Cc1cnc(C(O)c2cccc(OC(C)C)c2)c(C)c1. The fraction of sp³-hybridized carbons (Fsp3) is 0.353. The summed E-state index contributed by atoms with van der Waals surface area (Å²) in [6, 6.07) is 9.57. The van der Waals surface area contributed by atoms with E-state index in [1.54, 1.807) is 6.20 Å². The Morgan fingerprint density at radius 3 is 2.55 bits per heavy atom. The van der Waals surface area contributed by atoms with Crippen LogP contribution in [0.25, 0.3) is 0 Å². The molecule has 0 aliphatic rings. The number of rotatable bonds is 4. The second kappa shape index (κ2) is 6.06. The molecular weight excluding hydrogens is 250 g/mol. The lowest BCUT2D eigenvalue weighted by Gasteiger charge is -2.16. The van der Waals surface area contributed by atoms with E-state index in [1.165, 1.54) is 0 Å². The van der Waals surface area contributed by atoms with Crippen molar-refractivity contribution in [3.8, 4) is 5.75 Å². The quantitative estimate of drug-likeness (QED) is 0.924. The Bertz CT molecular complexity index is 593. The minimum atomic E-state index is -0.730. The Balaban J connectivity index is 2.30. The fourth-order valence-corrected chi connectivity index (χ4v) is 2.20. The Kier molecular flexibility index (Phi) is 4.40. The number of aliphatic hydroxyl groups is 1. The molecule has 0 aliphatic carbocycles. The van der Waals surface area contributed by atoms with Gasteiger partial charge in [-0.3, -0.25) is 4.98 Å². The molecule has 0 saturated heterocycles. The van der Waals surface area contributed by atoms with Gasteiger partial charge in [0.05, 0.1) is 11.8 Å². The van der Waals surface area contributed by atoms with Crippen molar-refractivity contribution in [3.63, 3.8) is 0 Å². The smallest absolute Gasteiger partial charge is 0.121 e. The van der Waals surface area contributed by atoms with Crippen molar-refractivity contribution in [3.05, 3.63) is 58.9 Å². The highest BCUT2D eigenvalue weighted by Gasteiger charge is 2.15. The number of aromatic nitrogens is 1. The van der Waals surface area contributed by atoms with E-state index in [1.807, 2.05) is 58.0 Å². The van der Waals surface area contributed by atoms with Crippen LogP contribution in [0.2, 0.25) is 0 Å². The Morgan fingerprint density at radius 2 is 1.90 bits per heavy atom. The summed E-state index contributed by atoms with van der Waals surface area (Å²) >= 11 is 0. The van der Waals surface area contributed by atoms with Crippen molar-refractivity contribution < 1.29 is 9.84 Å². The molecule has 1 aromatic heterocycles. The highest BCUT2D eigenvalue weighted by atomic mass is 16.5. The van der Waals surface area contributed by atoms with Crippen LogP contribution in [-0.2, 0) is 0 Å². The Hall–Kier alpha value is -1.87. The summed E-state index contributed by atoms with van der Waals surface area (Å²) in [5, 5.41) is 10.5. The predicted molar refractivity (Wildman–Crippen MR) is 80.0 cm³/mol. The third kappa shape index (κ3) is 3.36. The van der Waals surface area contributed by atoms with Gasteiger partial charge in [-0.05, 0) is 56.5 Å². The van der Waals surface area contributed by atoms with Gasteiger partial charge in [-0.2, -0.15) is 0 Å². The van der Waals surface area contributed by atoms with Crippen molar-refractivity contribution >= 4 is 0 Å². The average molecular weight is 271 g/mol. The van der Waals surface area contributed by atoms with Crippen molar-refractivity contribution in [2.75, 3.05) is 0 Å². The van der Waals surface area contributed by atoms with Gasteiger partial charge in [0.25, 0.3) is 0 Å². The number of hydrogen-bond donors (Lipinski definition) is 1. The molecule has 2 rings (SSSR count). The highest BCUT2D eigenvalue weighted by Crippen LogP contribution is 2.26. The standard InChI is InChI=1S/C17H21NO2/c1-11(2)20-15-7-5-6-14(9-15)17(19)16-13(4)8-12(3)10-18-16/h5-11,17,19H,1-4H3. The minimum Gasteiger partial charge on any atom is -0.491 e. The Labute approximate surface area is 120 Å². The molecule has 1 atom stereocenters. The van der Waals surface area contributed by atoms with Crippen LogP contribution < -0.4 is 4.74 Å². The van der Waals surface area contributed by atoms with Gasteiger partial charge in [0.15, 0.2) is 0 Å². The maximum atomic E-state index is 10.5. The minimum absolute atomic E-state index is 0.113. The van der Waals surface area contributed by atoms with Crippen LogP contribution in [0, 0.1) is 13.8 Å². The van der Waals surface area contributed by atoms with Gasteiger partial charge in [0.1, 0.15) is 11.9 Å². The number of aryl methyl sites for hydroxylation is 2. The zero-order valence-corrected chi connectivity index (χ0v) is 12.4. The second-order valence-corrected chi connectivity index (χ2v) is 5.36. The van der Waals surface area contributed by atoms with Gasteiger partial charge in [-0.25, -0.2) is 0 Å². The lowest BCUT2D eigenvalue weighted by Crippen LogP contribution is -2.08. The summed E-state index contributed by atoms with van der Waals surface area (Å²) in [6.45, 7) is 7.92. The van der Waals surface area contributed by atoms with E-state index in [-0.39, 0.29) is 6.10 Å². The van der Waals surface area contributed by atoms with E-state index >= 15 is 0 Å². The zero-order chi connectivity index (χ0) is 14.7. The number of nitrogens with zero attached hydrogens (tertiary/aromatic N) is 1. The molecule has 2 aromatic rings. The molecule has 1 heterocycles. The highest BCUT2D eigenvalue weighted by molar-refractivity contribution is 5.36. The van der Waals surface area contributed by atoms with Gasteiger partial charge in [-0.15, -0.1) is 0 Å². The van der Waals surface area contributed by atoms with Gasteiger partial charge >= 0.3 is 0 Å². The number of pyridine rings is 1. The third-order valence-corrected chi connectivity index (χ3v) is 3.06. The van der Waals surface area contributed by atoms with E-state index in [4.69, 9.17) is 4.74 Å². The van der Waals surface area contributed by atoms with Gasteiger partial charge < -0.3 is 9.84 Å². The summed E-state index contributed by atoms with van der Waals surface area (Å²) in [7, 11) is 0. The van der Waals surface area contributed by atoms with E-state index in [2.05, 4.69) is 4.98 Å². The number of aliphatic hydroxyl groups excluding tert-OH is 1. The van der Waals surface area contributed by atoms with Crippen molar-refractivity contribution in [2.45, 2.75) is 39.9 Å². The topological polar surface area (TPSA) is 42.4 Å². The van der Waals surface area contributed by atoms with Crippen molar-refractivity contribution in [1.29, 1.82) is 0 Å². The molecule has 3 nitrogen and oxygen atoms in total. The first-order chi connectivity index (χ1) is 9.47. The normalized spacial score (nSPS) is 12.5. The number of ether oxygens (including phenoxy) is 1. The van der Waals surface area contributed by atoms with E-state index in [9.17, 15) is 5.11 Å². The van der Waals surface area contributed by atoms with E-state index in [0.717, 1.165) is 22.4 Å². The van der Waals surface area contributed by atoms with Crippen LogP contribution in [-0.4, -0.2) is 16.2 Å². The molecule has 1 aromatic carbocycles. The molecule has 0 radical (unpaired) electrons. The summed E-state index contributed by atoms with van der Waals surface area (Å²) in [5.41, 5.74) is 3.57. The molecule has 0 fully saturated rings. The monoisotopic (exact) mass is 271 g/mol. The summed E-state index contributed by atoms with van der Waals surface area (Å²) in [4.78, 5) is 4.35. The van der Waals surface area contributed by atoms with Crippen LogP contribution in [0.15, 0.2) is 36.5 Å². The maximum absolute atomic E-state index is 10.5. The summed E-state index contributed by atoms with van der Waals surface area (Å²) in [6.07, 6.45) is 1.16. The van der Waals surface area contributed by atoms with E-state index < -0.39 is 6.10 Å². The fourth-order valence-electron chi connectivity index (χ4n) is 2.20. The van der Waals surface area contributed by atoms with Crippen molar-refractivity contribution in [1.82, 2.24) is 4.98 Å². The predicted octanol–water partition coefficient (Wildman–Crippen LogP) is 3.57.